The number of rotatable bonds is 6. The van der Waals surface area contributed by atoms with Gasteiger partial charge in [-0.3, -0.25) is 13.8 Å². The van der Waals surface area contributed by atoms with Gasteiger partial charge in [-0.25, -0.2) is 4.98 Å². The highest BCUT2D eigenvalue weighted by molar-refractivity contribution is 7.87. The number of aromatic nitrogens is 1. The summed E-state index contributed by atoms with van der Waals surface area (Å²) in [7, 11) is -1.73. The number of nitrogens with one attached hydrogen (secondary N) is 1. The lowest BCUT2D eigenvalue weighted by Gasteiger charge is -2.09. The number of aliphatic carboxylic acids is 1. The van der Waals surface area contributed by atoms with Gasteiger partial charge in [-0.1, -0.05) is 13.0 Å². The average Bonchev–Trinajstić information content (AvgIpc) is 2.30. The standard InChI is InChI=1S/C11H14N2O4S/c1-2-8(11(15)16)18(17)7-10(14)13-9-5-3-4-6-12-9/h3-6,8H,2,7H2,1H3,(H,15,16)(H,12,13,14). The van der Waals surface area contributed by atoms with Gasteiger partial charge < -0.3 is 10.4 Å². The highest BCUT2D eigenvalue weighted by atomic mass is 32.2. The summed E-state index contributed by atoms with van der Waals surface area (Å²) in [6, 6.07) is 4.99. The van der Waals surface area contributed by atoms with Crippen LogP contribution in [0.4, 0.5) is 5.82 Å². The maximum atomic E-state index is 11.7. The number of carboxylic acids is 1. The Balaban J connectivity index is 2.55. The molecule has 0 saturated carbocycles. The Hall–Kier alpha value is -1.76. The van der Waals surface area contributed by atoms with Crippen LogP contribution in [-0.4, -0.2) is 37.2 Å². The molecule has 0 saturated heterocycles. The Morgan fingerprint density at radius 1 is 1.50 bits per heavy atom. The normalized spacial score (nSPS) is 13.6. The Morgan fingerprint density at radius 2 is 2.22 bits per heavy atom. The van der Waals surface area contributed by atoms with Crippen molar-refractivity contribution in [1.29, 1.82) is 0 Å². The molecule has 1 heterocycles. The van der Waals surface area contributed by atoms with Crippen molar-refractivity contribution < 1.29 is 18.9 Å². The summed E-state index contributed by atoms with van der Waals surface area (Å²) in [6.07, 6.45) is 1.73. The van der Waals surface area contributed by atoms with Crippen LogP contribution in [0.5, 0.6) is 0 Å². The van der Waals surface area contributed by atoms with Crippen molar-refractivity contribution in [1.82, 2.24) is 4.98 Å². The number of hydrogen-bond acceptors (Lipinski definition) is 4. The summed E-state index contributed by atoms with van der Waals surface area (Å²) in [6.45, 7) is 1.62. The Morgan fingerprint density at radius 3 is 2.72 bits per heavy atom. The Labute approximate surface area is 107 Å². The first kappa shape index (κ1) is 14.3. The van der Waals surface area contributed by atoms with Gasteiger partial charge in [0, 0.05) is 17.0 Å². The number of hydrogen-bond donors (Lipinski definition) is 2. The van der Waals surface area contributed by atoms with Crippen molar-refractivity contribution >= 4 is 28.5 Å². The van der Waals surface area contributed by atoms with Gasteiger partial charge >= 0.3 is 5.97 Å². The van der Waals surface area contributed by atoms with Crippen LogP contribution in [0, 0.1) is 0 Å². The van der Waals surface area contributed by atoms with E-state index in [9.17, 15) is 13.8 Å². The summed E-state index contributed by atoms with van der Waals surface area (Å²) < 4.78 is 11.7. The fourth-order valence-corrected chi connectivity index (χ4v) is 2.45. The quantitative estimate of drug-likeness (QED) is 0.790. The number of pyridine rings is 1. The van der Waals surface area contributed by atoms with Crippen LogP contribution < -0.4 is 5.32 Å². The zero-order valence-corrected chi connectivity index (χ0v) is 10.6. The van der Waals surface area contributed by atoms with Crippen LogP contribution in [0.2, 0.25) is 0 Å². The molecule has 18 heavy (non-hydrogen) atoms. The summed E-state index contributed by atoms with van der Waals surface area (Å²) in [5.41, 5.74) is 0. The van der Waals surface area contributed by atoms with Crippen LogP contribution in [0.3, 0.4) is 0 Å². The highest BCUT2D eigenvalue weighted by Crippen LogP contribution is 2.05. The third-order valence-corrected chi connectivity index (χ3v) is 3.89. The second-order valence-corrected chi connectivity index (χ2v) is 5.14. The molecule has 1 rings (SSSR count). The van der Waals surface area contributed by atoms with Gasteiger partial charge in [-0.2, -0.15) is 0 Å². The molecule has 1 aromatic heterocycles. The van der Waals surface area contributed by atoms with Crippen LogP contribution >= 0.6 is 0 Å². The van der Waals surface area contributed by atoms with Gasteiger partial charge in [-0.15, -0.1) is 0 Å². The Bertz CT molecular complexity index is 450. The second-order valence-electron chi connectivity index (χ2n) is 3.52. The molecule has 0 bridgehead atoms. The lowest BCUT2D eigenvalue weighted by atomic mass is 10.3. The third-order valence-electron chi connectivity index (χ3n) is 2.17. The van der Waals surface area contributed by atoms with Crippen LogP contribution in [0.25, 0.3) is 0 Å². The van der Waals surface area contributed by atoms with Crippen LogP contribution in [-0.2, 0) is 20.4 Å². The minimum absolute atomic E-state index is 0.221. The molecule has 1 aromatic rings. The van der Waals surface area contributed by atoms with Crippen molar-refractivity contribution in [3.05, 3.63) is 24.4 Å². The number of carbonyl (C=O) groups is 2. The smallest absolute Gasteiger partial charge is 0.319 e. The van der Waals surface area contributed by atoms with Crippen molar-refractivity contribution in [2.24, 2.45) is 0 Å². The fourth-order valence-electron chi connectivity index (χ4n) is 1.32. The van der Waals surface area contributed by atoms with Crippen molar-refractivity contribution in [2.75, 3.05) is 11.1 Å². The van der Waals surface area contributed by atoms with Crippen LogP contribution in [0.1, 0.15) is 13.3 Å². The minimum Gasteiger partial charge on any atom is -0.480 e. The molecule has 2 atom stereocenters. The van der Waals surface area contributed by atoms with E-state index in [0.29, 0.717) is 5.82 Å². The molecule has 7 heteroatoms. The van der Waals surface area contributed by atoms with Crippen molar-refractivity contribution in [3.8, 4) is 0 Å². The van der Waals surface area contributed by atoms with E-state index in [0.717, 1.165) is 0 Å². The lowest BCUT2D eigenvalue weighted by molar-refractivity contribution is -0.136. The SMILES string of the molecule is CCC(C(=O)O)S(=O)CC(=O)Nc1ccccn1. The molecule has 0 radical (unpaired) electrons. The molecule has 1 amide bonds. The molecule has 0 aliphatic rings. The molecule has 6 nitrogen and oxygen atoms in total. The summed E-state index contributed by atoms with van der Waals surface area (Å²) in [4.78, 5) is 26.2. The molecule has 2 N–H and O–H groups in total. The predicted molar refractivity (Wildman–Crippen MR) is 67.6 cm³/mol. The molecule has 2 unspecified atom stereocenters. The zero-order chi connectivity index (χ0) is 13.5. The van der Waals surface area contributed by atoms with Crippen molar-refractivity contribution in [3.63, 3.8) is 0 Å². The first-order valence-corrected chi connectivity index (χ1v) is 6.73. The maximum absolute atomic E-state index is 11.7. The van der Waals surface area contributed by atoms with Gasteiger partial charge in [0.25, 0.3) is 0 Å². The monoisotopic (exact) mass is 270 g/mol. The second kappa shape index (κ2) is 6.85. The van der Waals surface area contributed by atoms with E-state index in [1.54, 1.807) is 25.1 Å². The van der Waals surface area contributed by atoms with Gasteiger partial charge in [-0.05, 0) is 18.6 Å². The van der Waals surface area contributed by atoms with E-state index in [-0.39, 0.29) is 12.2 Å². The molecule has 0 aliphatic heterocycles. The number of carboxylic acid groups (broad SMARTS) is 1. The first-order chi connectivity index (χ1) is 8.54. The molecular weight excluding hydrogens is 256 g/mol. The number of nitrogens with zero attached hydrogens (tertiary/aromatic N) is 1. The average molecular weight is 270 g/mol. The van der Waals surface area contributed by atoms with E-state index in [4.69, 9.17) is 5.11 Å². The molecule has 0 aromatic carbocycles. The number of carbonyl (C=O) groups excluding carboxylic acids is 1. The van der Waals surface area contributed by atoms with Crippen molar-refractivity contribution in [2.45, 2.75) is 18.6 Å². The lowest BCUT2D eigenvalue weighted by Crippen LogP contribution is -2.31. The van der Waals surface area contributed by atoms with Gasteiger partial charge in [0.1, 0.15) is 16.8 Å². The highest BCUT2D eigenvalue weighted by Gasteiger charge is 2.24. The first-order valence-electron chi connectivity index (χ1n) is 5.35. The topological polar surface area (TPSA) is 96.4 Å². The van der Waals surface area contributed by atoms with E-state index >= 15 is 0 Å². The number of anilines is 1. The minimum atomic E-state index is -1.73. The van der Waals surface area contributed by atoms with E-state index in [2.05, 4.69) is 10.3 Å². The molecule has 98 valence electrons. The Kier molecular flexibility index (Phi) is 5.44. The van der Waals surface area contributed by atoms with E-state index in [1.807, 2.05) is 0 Å². The number of amides is 1. The summed E-state index contributed by atoms with van der Waals surface area (Å²) in [5.74, 6) is -1.66. The van der Waals surface area contributed by atoms with Gasteiger partial charge in [0.15, 0.2) is 0 Å². The largest absolute Gasteiger partial charge is 0.480 e. The third kappa shape index (κ3) is 4.25. The fraction of sp³-hybridized carbons (Fsp3) is 0.364. The van der Waals surface area contributed by atoms with E-state index < -0.39 is 27.9 Å². The zero-order valence-electron chi connectivity index (χ0n) is 9.83. The molecule has 0 spiro atoms. The summed E-state index contributed by atoms with van der Waals surface area (Å²) in [5, 5.41) is 10.2. The maximum Gasteiger partial charge on any atom is 0.319 e. The van der Waals surface area contributed by atoms with Crippen LogP contribution in [0.15, 0.2) is 24.4 Å². The van der Waals surface area contributed by atoms with E-state index in [1.165, 1.54) is 6.20 Å². The molecule has 0 aliphatic carbocycles. The molecular formula is C11H14N2O4S. The molecule has 0 fully saturated rings. The van der Waals surface area contributed by atoms with Gasteiger partial charge in [0.2, 0.25) is 5.91 Å². The summed E-state index contributed by atoms with van der Waals surface area (Å²) >= 11 is 0. The predicted octanol–water partition coefficient (Wildman–Crippen LogP) is 0.632. The van der Waals surface area contributed by atoms with Gasteiger partial charge in [0.05, 0.1) is 0 Å².